The molecule has 0 unspecified atom stereocenters. The van der Waals surface area contributed by atoms with Crippen LogP contribution < -0.4 is 9.47 Å². The highest BCUT2D eigenvalue weighted by Crippen LogP contribution is 2.29. The topological polar surface area (TPSA) is 79.6 Å². The van der Waals surface area contributed by atoms with Gasteiger partial charge in [-0.2, -0.15) is 5.26 Å². The fourth-order valence-electron chi connectivity index (χ4n) is 1.94. The molecule has 0 atom stereocenters. The maximum Gasteiger partial charge on any atom is 0.335 e. The zero-order chi connectivity index (χ0) is 15.9. The van der Waals surface area contributed by atoms with Crippen LogP contribution in [0.2, 0.25) is 0 Å². The van der Waals surface area contributed by atoms with Gasteiger partial charge in [0.05, 0.1) is 23.8 Å². The van der Waals surface area contributed by atoms with Crippen LogP contribution in [0.25, 0.3) is 0 Å². The minimum Gasteiger partial charge on any atom is -0.490 e. The van der Waals surface area contributed by atoms with Crippen molar-refractivity contribution in [2.24, 2.45) is 0 Å². The number of carboxylic acids is 1. The first-order chi connectivity index (χ1) is 10.7. The van der Waals surface area contributed by atoms with E-state index in [4.69, 9.17) is 19.8 Å². The van der Waals surface area contributed by atoms with Gasteiger partial charge in [0, 0.05) is 5.56 Å². The normalized spacial score (nSPS) is 9.82. The Morgan fingerprint density at radius 2 is 1.95 bits per heavy atom. The highest BCUT2D eigenvalue weighted by Gasteiger charge is 2.11. The van der Waals surface area contributed by atoms with Crippen LogP contribution in [0, 0.1) is 11.3 Å². The Hall–Kier alpha value is -3.00. The van der Waals surface area contributed by atoms with Gasteiger partial charge >= 0.3 is 5.97 Å². The number of ether oxygens (including phenoxy) is 2. The number of carbonyl (C=O) groups is 1. The van der Waals surface area contributed by atoms with E-state index in [-0.39, 0.29) is 12.2 Å². The molecule has 112 valence electrons. The average molecular weight is 297 g/mol. The van der Waals surface area contributed by atoms with Crippen molar-refractivity contribution in [1.82, 2.24) is 0 Å². The number of hydrogen-bond donors (Lipinski definition) is 1. The Morgan fingerprint density at radius 3 is 2.64 bits per heavy atom. The van der Waals surface area contributed by atoms with Crippen LogP contribution >= 0.6 is 0 Å². The van der Waals surface area contributed by atoms with Gasteiger partial charge in [-0.05, 0) is 31.2 Å². The number of hydrogen-bond acceptors (Lipinski definition) is 4. The molecule has 0 saturated carbocycles. The lowest BCUT2D eigenvalue weighted by atomic mass is 10.1. The maximum absolute atomic E-state index is 11.0. The average Bonchev–Trinajstić information content (AvgIpc) is 2.54. The lowest BCUT2D eigenvalue weighted by Gasteiger charge is -2.13. The number of benzene rings is 2. The molecule has 0 bridgehead atoms. The van der Waals surface area contributed by atoms with Gasteiger partial charge in [-0.25, -0.2) is 4.79 Å². The van der Waals surface area contributed by atoms with E-state index in [1.807, 2.05) is 19.1 Å². The summed E-state index contributed by atoms with van der Waals surface area (Å²) >= 11 is 0. The Balaban J connectivity index is 2.22. The first kappa shape index (κ1) is 15.4. The van der Waals surface area contributed by atoms with E-state index >= 15 is 0 Å². The molecular formula is C17H15NO4. The smallest absolute Gasteiger partial charge is 0.335 e. The molecule has 5 heteroatoms. The first-order valence-electron chi connectivity index (χ1n) is 6.76. The summed E-state index contributed by atoms with van der Waals surface area (Å²) in [4.78, 5) is 11.0. The van der Waals surface area contributed by atoms with Crippen LogP contribution in [0.1, 0.15) is 28.4 Å². The third-order valence-electron chi connectivity index (χ3n) is 3.01. The van der Waals surface area contributed by atoms with Gasteiger partial charge in [0.15, 0.2) is 11.5 Å². The van der Waals surface area contributed by atoms with Gasteiger partial charge in [0.1, 0.15) is 6.61 Å². The van der Waals surface area contributed by atoms with Crippen LogP contribution in [0.5, 0.6) is 11.5 Å². The summed E-state index contributed by atoms with van der Waals surface area (Å²) < 4.78 is 11.1. The number of nitriles is 1. The molecule has 0 heterocycles. The van der Waals surface area contributed by atoms with Gasteiger partial charge in [-0.15, -0.1) is 0 Å². The van der Waals surface area contributed by atoms with Gasteiger partial charge in [0.2, 0.25) is 0 Å². The molecule has 0 fully saturated rings. The second-order valence-corrected chi connectivity index (χ2v) is 4.46. The standard InChI is InChI=1S/C17H15NO4/c1-2-21-16-9-12(17(19)20)7-8-15(16)22-11-14-6-4-3-5-13(14)10-18/h3-9H,2,11H2,1H3,(H,19,20). The Bertz CT molecular complexity index is 719. The minimum absolute atomic E-state index is 0.133. The van der Waals surface area contributed by atoms with E-state index in [9.17, 15) is 4.79 Å². The third-order valence-corrected chi connectivity index (χ3v) is 3.01. The van der Waals surface area contributed by atoms with Crippen molar-refractivity contribution in [1.29, 1.82) is 5.26 Å². The SMILES string of the molecule is CCOc1cc(C(=O)O)ccc1OCc1ccccc1C#N. The summed E-state index contributed by atoms with van der Waals surface area (Å²) in [5, 5.41) is 18.1. The summed E-state index contributed by atoms with van der Waals surface area (Å²) in [6.07, 6.45) is 0. The molecule has 0 aliphatic heterocycles. The lowest BCUT2D eigenvalue weighted by molar-refractivity contribution is 0.0696. The predicted molar refractivity (Wildman–Crippen MR) is 80.1 cm³/mol. The van der Waals surface area contributed by atoms with E-state index in [2.05, 4.69) is 6.07 Å². The fourth-order valence-corrected chi connectivity index (χ4v) is 1.94. The van der Waals surface area contributed by atoms with Crippen LogP contribution in [-0.4, -0.2) is 17.7 Å². The van der Waals surface area contributed by atoms with Crippen molar-refractivity contribution in [3.63, 3.8) is 0 Å². The van der Waals surface area contributed by atoms with Crippen molar-refractivity contribution in [3.8, 4) is 17.6 Å². The highest BCUT2D eigenvalue weighted by molar-refractivity contribution is 5.88. The molecule has 1 N–H and O–H groups in total. The zero-order valence-electron chi connectivity index (χ0n) is 12.1. The quantitative estimate of drug-likeness (QED) is 0.885. The zero-order valence-corrected chi connectivity index (χ0v) is 12.1. The minimum atomic E-state index is -1.03. The van der Waals surface area contributed by atoms with Gasteiger partial charge in [0.25, 0.3) is 0 Å². The second kappa shape index (κ2) is 7.14. The molecule has 0 amide bonds. The third kappa shape index (κ3) is 3.55. The molecule has 0 aliphatic carbocycles. The molecule has 2 rings (SSSR count). The van der Waals surface area contributed by atoms with E-state index in [1.165, 1.54) is 12.1 Å². The van der Waals surface area contributed by atoms with Gasteiger partial charge in [-0.1, -0.05) is 18.2 Å². The highest BCUT2D eigenvalue weighted by atomic mass is 16.5. The molecule has 0 saturated heterocycles. The van der Waals surface area contributed by atoms with Crippen LogP contribution in [0.4, 0.5) is 0 Å². The molecule has 2 aromatic rings. The second-order valence-electron chi connectivity index (χ2n) is 4.46. The van der Waals surface area contributed by atoms with Crippen molar-refractivity contribution in [2.75, 3.05) is 6.61 Å². The molecular weight excluding hydrogens is 282 g/mol. The Labute approximate surface area is 128 Å². The maximum atomic E-state index is 11.0. The number of rotatable bonds is 6. The van der Waals surface area contributed by atoms with Crippen molar-refractivity contribution in [3.05, 3.63) is 59.2 Å². The molecule has 0 aliphatic rings. The molecule has 22 heavy (non-hydrogen) atoms. The number of nitrogens with zero attached hydrogens (tertiary/aromatic N) is 1. The molecule has 2 aromatic carbocycles. The first-order valence-corrected chi connectivity index (χ1v) is 6.76. The lowest BCUT2D eigenvalue weighted by Crippen LogP contribution is -2.03. The van der Waals surface area contributed by atoms with Crippen molar-refractivity contribution < 1.29 is 19.4 Å². The van der Waals surface area contributed by atoms with E-state index < -0.39 is 5.97 Å². The van der Waals surface area contributed by atoms with E-state index in [0.29, 0.717) is 23.7 Å². The summed E-state index contributed by atoms with van der Waals surface area (Å²) in [6.45, 7) is 2.41. The summed E-state index contributed by atoms with van der Waals surface area (Å²) in [5.74, 6) is -0.209. The Kier molecular flexibility index (Phi) is 4.99. The molecule has 0 radical (unpaired) electrons. The van der Waals surface area contributed by atoms with Crippen LogP contribution in [-0.2, 0) is 6.61 Å². The molecule has 0 spiro atoms. The predicted octanol–water partition coefficient (Wildman–Crippen LogP) is 3.23. The van der Waals surface area contributed by atoms with Crippen LogP contribution in [0.3, 0.4) is 0 Å². The van der Waals surface area contributed by atoms with E-state index in [1.54, 1.807) is 18.2 Å². The molecule has 5 nitrogen and oxygen atoms in total. The van der Waals surface area contributed by atoms with Crippen molar-refractivity contribution >= 4 is 5.97 Å². The monoisotopic (exact) mass is 297 g/mol. The Morgan fingerprint density at radius 1 is 1.18 bits per heavy atom. The summed E-state index contributed by atoms with van der Waals surface area (Å²) in [7, 11) is 0. The van der Waals surface area contributed by atoms with E-state index in [0.717, 1.165) is 5.56 Å². The fraction of sp³-hybridized carbons (Fsp3) is 0.176. The molecule has 0 aromatic heterocycles. The summed E-state index contributed by atoms with van der Waals surface area (Å²) in [5.41, 5.74) is 1.44. The van der Waals surface area contributed by atoms with Crippen molar-refractivity contribution in [2.45, 2.75) is 13.5 Å². The largest absolute Gasteiger partial charge is 0.490 e. The van der Waals surface area contributed by atoms with Gasteiger partial charge < -0.3 is 14.6 Å². The van der Waals surface area contributed by atoms with Crippen LogP contribution in [0.15, 0.2) is 42.5 Å². The summed E-state index contributed by atoms with van der Waals surface area (Å²) in [6, 6.07) is 13.7. The van der Waals surface area contributed by atoms with Gasteiger partial charge in [-0.3, -0.25) is 0 Å². The number of aromatic carboxylic acids is 1. The number of carboxylic acid groups (broad SMARTS) is 1.